The maximum atomic E-state index is 13.1. The number of nitrogens with zero attached hydrogens (tertiary/aromatic N) is 5. The van der Waals surface area contributed by atoms with Crippen molar-refractivity contribution in [1.29, 1.82) is 0 Å². The number of anilines is 1. The molecule has 0 bridgehead atoms. The Balaban J connectivity index is 0.00000261. The minimum atomic E-state index is -0.137. The van der Waals surface area contributed by atoms with Crippen molar-refractivity contribution in [2.75, 3.05) is 32.1 Å². The van der Waals surface area contributed by atoms with Gasteiger partial charge in [-0.05, 0) is 51.7 Å². The molecule has 9 heteroatoms. The van der Waals surface area contributed by atoms with Gasteiger partial charge < -0.3 is 4.90 Å². The van der Waals surface area contributed by atoms with Crippen molar-refractivity contribution in [2.24, 2.45) is 0 Å². The number of aromatic nitrogens is 3. The van der Waals surface area contributed by atoms with Crippen LogP contribution in [0.25, 0.3) is 10.2 Å². The van der Waals surface area contributed by atoms with E-state index >= 15 is 0 Å². The fraction of sp³-hybridized carbons (Fsp3) is 0.389. The van der Waals surface area contributed by atoms with Crippen LogP contribution in [0.15, 0.2) is 24.4 Å². The second kappa shape index (κ2) is 9.01. The zero-order chi connectivity index (χ0) is 18.8. The highest BCUT2D eigenvalue weighted by Crippen LogP contribution is 2.34. The summed E-state index contributed by atoms with van der Waals surface area (Å²) in [7, 11) is 3.97. The highest BCUT2D eigenvalue weighted by molar-refractivity contribution is 7.22. The smallest absolute Gasteiger partial charge is 0.280 e. The predicted molar refractivity (Wildman–Crippen MR) is 115 cm³/mol. The van der Waals surface area contributed by atoms with Gasteiger partial charge >= 0.3 is 0 Å². The van der Waals surface area contributed by atoms with E-state index in [1.54, 1.807) is 15.6 Å². The Labute approximate surface area is 174 Å². The standard InChI is InChI=1S/C18H22ClN5OS.ClH/c1-5-23-9-8-14(21-23)17(25)24(11-10-22(3)4)18-20-16-12(2)13(19)6-7-15(16)26-18;/h6-9H,5,10-11H2,1-4H3;1H. The number of thiazole rings is 1. The van der Waals surface area contributed by atoms with Crippen molar-refractivity contribution in [3.63, 3.8) is 0 Å². The number of halogens is 2. The molecule has 1 amide bonds. The summed E-state index contributed by atoms with van der Waals surface area (Å²) in [5.41, 5.74) is 2.21. The van der Waals surface area contributed by atoms with Crippen molar-refractivity contribution in [2.45, 2.75) is 20.4 Å². The zero-order valence-electron chi connectivity index (χ0n) is 15.8. The molecule has 1 aromatic carbocycles. The first kappa shape index (κ1) is 21.6. The molecular formula is C18H23Cl2N5OS. The van der Waals surface area contributed by atoms with E-state index in [1.807, 2.05) is 51.2 Å². The molecule has 0 aliphatic rings. The number of amides is 1. The fourth-order valence-corrected chi connectivity index (χ4v) is 3.78. The van der Waals surface area contributed by atoms with Crippen LogP contribution >= 0.6 is 35.3 Å². The second-order valence-electron chi connectivity index (χ2n) is 6.33. The maximum Gasteiger partial charge on any atom is 0.280 e. The molecule has 27 heavy (non-hydrogen) atoms. The number of aryl methyl sites for hydroxylation is 2. The highest BCUT2D eigenvalue weighted by Gasteiger charge is 2.23. The molecule has 0 aliphatic carbocycles. The fourth-order valence-electron chi connectivity index (χ4n) is 2.58. The van der Waals surface area contributed by atoms with Crippen LogP contribution in [-0.4, -0.2) is 52.8 Å². The first-order valence-electron chi connectivity index (χ1n) is 8.46. The van der Waals surface area contributed by atoms with Gasteiger partial charge in [0.25, 0.3) is 5.91 Å². The molecule has 146 valence electrons. The van der Waals surface area contributed by atoms with Crippen LogP contribution in [0.1, 0.15) is 23.0 Å². The van der Waals surface area contributed by atoms with Crippen molar-refractivity contribution in [3.8, 4) is 0 Å². The van der Waals surface area contributed by atoms with E-state index in [-0.39, 0.29) is 18.3 Å². The molecule has 0 saturated heterocycles. The average molecular weight is 428 g/mol. The Kier molecular flexibility index (Phi) is 7.22. The molecule has 0 atom stereocenters. The molecule has 0 radical (unpaired) electrons. The van der Waals surface area contributed by atoms with Gasteiger partial charge in [-0.15, -0.1) is 12.4 Å². The van der Waals surface area contributed by atoms with Gasteiger partial charge in [0.2, 0.25) is 0 Å². The van der Waals surface area contributed by atoms with Crippen LogP contribution in [0.5, 0.6) is 0 Å². The van der Waals surface area contributed by atoms with Crippen LogP contribution in [-0.2, 0) is 6.54 Å². The number of carbonyl (C=O) groups is 1. The summed E-state index contributed by atoms with van der Waals surface area (Å²) in [5, 5.41) is 5.71. The van der Waals surface area contributed by atoms with Crippen LogP contribution in [0, 0.1) is 6.92 Å². The topological polar surface area (TPSA) is 54.3 Å². The summed E-state index contributed by atoms with van der Waals surface area (Å²) in [4.78, 5) is 21.5. The average Bonchev–Trinajstić information content (AvgIpc) is 3.25. The number of carbonyl (C=O) groups excluding carboxylic acids is 1. The van der Waals surface area contributed by atoms with E-state index < -0.39 is 0 Å². The number of rotatable bonds is 6. The van der Waals surface area contributed by atoms with Gasteiger partial charge in [-0.25, -0.2) is 4.98 Å². The zero-order valence-corrected chi connectivity index (χ0v) is 18.2. The Bertz CT molecular complexity index is 937. The third-order valence-electron chi connectivity index (χ3n) is 4.17. The first-order chi connectivity index (χ1) is 12.4. The summed E-state index contributed by atoms with van der Waals surface area (Å²) in [6, 6.07) is 5.58. The third kappa shape index (κ3) is 4.60. The van der Waals surface area contributed by atoms with Crippen molar-refractivity contribution in [1.82, 2.24) is 19.7 Å². The quantitative estimate of drug-likeness (QED) is 0.593. The van der Waals surface area contributed by atoms with Crippen molar-refractivity contribution in [3.05, 3.63) is 40.7 Å². The highest BCUT2D eigenvalue weighted by atomic mass is 35.5. The molecule has 0 N–H and O–H groups in total. The molecular weight excluding hydrogens is 405 g/mol. The SMILES string of the molecule is CCn1ccc(C(=O)N(CCN(C)C)c2nc3c(C)c(Cl)ccc3s2)n1.Cl. The summed E-state index contributed by atoms with van der Waals surface area (Å²) in [6.45, 7) is 5.94. The number of fused-ring (bicyclic) bond motifs is 1. The molecule has 6 nitrogen and oxygen atoms in total. The maximum absolute atomic E-state index is 13.1. The Hall–Kier alpha value is -1.67. The summed E-state index contributed by atoms with van der Waals surface area (Å²) in [5.74, 6) is -0.137. The van der Waals surface area contributed by atoms with E-state index in [2.05, 4.69) is 5.10 Å². The Morgan fingerprint density at radius 1 is 1.26 bits per heavy atom. The Morgan fingerprint density at radius 3 is 2.63 bits per heavy atom. The predicted octanol–water partition coefficient (Wildman–Crippen LogP) is 4.10. The molecule has 2 aromatic heterocycles. The van der Waals surface area contributed by atoms with Crippen LogP contribution in [0.2, 0.25) is 5.02 Å². The Morgan fingerprint density at radius 2 is 2.00 bits per heavy atom. The van der Waals surface area contributed by atoms with Crippen molar-refractivity contribution < 1.29 is 4.79 Å². The van der Waals surface area contributed by atoms with E-state index in [9.17, 15) is 4.79 Å². The van der Waals surface area contributed by atoms with Gasteiger partial charge in [-0.3, -0.25) is 14.4 Å². The lowest BCUT2D eigenvalue weighted by Crippen LogP contribution is -2.37. The molecule has 0 aliphatic heterocycles. The lowest BCUT2D eigenvalue weighted by molar-refractivity contribution is 0.0979. The number of benzene rings is 1. The van der Waals surface area contributed by atoms with Crippen LogP contribution in [0.4, 0.5) is 5.13 Å². The lowest BCUT2D eigenvalue weighted by Gasteiger charge is -2.21. The monoisotopic (exact) mass is 427 g/mol. The summed E-state index contributed by atoms with van der Waals surface area (Å²) in [6.07, 6.45) is 1.82. The molecule has 0 unspecified atom stereocenters. The normalized spacial score (nSPS) is 11.0. The molecule has 3 rings (SSSR count). The second-order valence-corrected chi connectivity index (χ2v) is 7.75. The van der Waals surface area contributed by atoms with Gasteiger partial charge in [-0.1, -0.05) is 22.9 Å². The number of hydrogen-bond donors (Lipinski definition) is 0. The minimum absolute atomic E-state index is 0. The van der Waals surface area contributed by atoms with E-state index in [1.165, 1.54) is 11.3 Å². The van der Waals surface area contributed by atoms with Crippen LogP contribution < -0.4 is 4.90 Å². The van der Waals surface area contributed by atoms with Gasteiger partial charge in [-0.2, -0.15) is 5.10 Å². The van der Waals surface area contributed by atoms with Gasteiger partial charge in [0, 0.05) is 30.9 Å². The minimum Gasteiger partial charge on any atom is -0.308 e. The molecule has 3 aromatic rings. The van der Waals surface area contributed by atoms with Gasteiger partial charge in [0.1, 0.15) is 0 Å². The van der Waals surface area contributed by atoms with E-state index in [4.69, 9.17) is 16.6 Å². The molecule has 0 saturated carbocycles. The summed E-state index contributed by atoms with van der Waals surface area (Å²) < 4.78 is 2.77. The van der Waals surface area contributed by atoms with Crippen LogP contribution in [0.3, 0.4) is 0 Å². The molecule has 0 fully saturated rings. The first-order valence-corrected chi connectivity index (χ1v) is 9.65. The van der Waals surface area contributed by atoms with Gasteiger partial charge in [0.05, 0.1) is 10.2 Å². The van der Waals surface area contributed by atoms with E-state index in [0.717, 1.165) is 28.9 Å². The number of likely N-dealkylation sites (N-methyl/N-ethyl adjacent to an activating group) is 1. The molecule has 2 heterocycles. The summed E-state index contributed by atoms with van der Waals surface area (Å²) >= 11 is 7.72. The largest absolute Gasteiger partial charge is 0.308 e. The lowest BCUT2D eigenvalue weighted by atomic mass is 10.2. The van der Waals surface area contributed by atoms with Gasteiger partial charge in [0.15, 0.2) is 10.8 Å². The molecule has 0 spiro atoms. The third-order valence-corrected chi connectivity index (χ3v) is 5.62. The van der Waals surface area contributed by atoms with E-state index in [0.29, 0.717) is 22.4 Å². The van der Waals surface area contributed by atoms with Crippen molar-refractivity contribution >= 4 is 56.6 Å². The number of hydrogen-bond acceptors (Lipinski definition) is 5.